The lowest BCUT2D eigenvalue weighted by atomic mass is 9.87. The Labute approximate surface area is 113 Å². The summed E-state index contributed by atoms with van der Waals surface area (Å²) in [5.74, 6) is 0.792. The van der Waals surface area contributed by atoms with Crippen molar-refractivity contribution in [1.29, 1.82) is 0 Å². The molecule has 0 aliphatic heterocycles. The largest absolute Gasteiger partial charge is 0.398 e. The molecule has 1 aliphatic rings. The molecule has 0 radical (unpaired) electrons. The second-order valence-corrected chi connectivity index (χ2v) is 5.57. The van der Waals surface area contributed by atoms with E-state index in [4.69, 9.17) is 5.73 Å². The molecule has 100 valence electrons. The molecule has 1 aliphatic carbocycles. The van der Waals surface area contributed by atoms with Crippen LogP contribution in [0.5, 0.6) is 0 Å². The van der Waals surface area contributed by atoms with Gasteiger partial charge in [-0.1, -0.05) is 19.8 Å². The van der Waals surface area contributed by atoms with Gasteiger partial charge in [0.25, 0.3) is 0 Å². The fourth-order valence-electron chi connectivity index (χ4n) is 3.08. The second kappa shape index (κ2) is 5.03. The highest BCUT2D eigenvalue weighted by molar-refractivity contribution is 5.72. The number of pyridine rings is 1. The summed E-state index contributed by atoms with van der Waals surface area (Å²) in [6.45, 7) is 2.33. The molecule has 4 heteroatoms. The van der Waals surface area contributed by atoms with Crippen LogP contribution < -0.4 is 5.73 Å². The van der Waals surface area contributed by atoms with Crippen LogP contribution >= 0.6 is 0 Å². The minimum absolute atomic E-state index is 0.542. The monoisotopic (exact) mass is 256 g/mol. The average molecular weight is 256 g/mol. The van der Waals surface area contributed by atoms with Crippen LogP contribution in [0.25, 0.3) is 11.3 Å². The number of nitrogens with two attached hydrogens (primary N) is 1. The van der Waals surface area contributed by atoms with Crippen molar-refractivity contribution in [3.05, 3.63) is 31.0 Å². The molecule has 2 N–H and O–H groups in total. The molecule has 0 amide bonds. The Hall–Kier alpha value is -1.84. The van der Waals surface area contributed by atoms with E-state index in [2.05, 4.69) is 21.5 Å². The van der Waals surface area contributed by atoms with Gasteiger partial charge in [-0.3, -0.25) is 4.98 Å². The number of nitrogens with zero attached hydrogens (tertiary/aromatic N) is 3. The zero-order valence-electron chi connectivity index (χ0n) is 11.3. The van der Waals surface area contributed by atoms with E-state index in [0.29, 0.717) is 6.04 Å². The van der Waals surface area contributed by atoms with Crippen LogP contribution in [0.3, 0.4) is 0 Å². The Bertz CT molecular complexity index is 561. The third-order valence-electron chi connectivity index (χ3n) is 4.10. The summed E-state index contributed by atoms with van der Waals surface area (Å²) in [4.78, 5) is 8.50. The molecule has 2 unspecified atom stereocenters. The molecule has 2 aromatic heterocycles. The summed E-state index contributed by atoms with van der Waals surface area (Å²) >= 11 is 0. The summed E-state index contributed by atoms with van der Waals surface area (Å²) < 4.78 is 2.28. The number of anilines is 1. The lowest BCUT2D eigenvalue weighted by Crippen LogP contribution is -2.17. The van der Waals surface area contributed by atoms with Crippen LogP contribution in [-0.2, 0) is 0 Å². The van der Waals surface area contributed by atoms with Crippen molar-refractivity contribution in [2.45, 2.75) is 38.6 Å². The van der Waals surface area contributed by atoms with Crippen molar-refractivity contribution in [3.8, 4) is 11.3 Å². The standard InChI is InChI=1S/C15H20N4/c1-11-3-2-4-12(7-11)19-10-18-9-15(19)13-8-17-6-5-14(13)16/h5-6,8-12H,2-4,7H2,1H3,(H2,16,17). The van der Waals surface area contributed by atoms with Gasteiger partial charge in [0.15, 0.2) is 0 Å². The van der Waals surface area contributed by atoms with Crippen LogP contribution in [0, 0.1) is 5.92 Å². The van der Waals surface area contributed by atoms with E-state index < -0.39 is 0 Å². The maximum absolute atomic E-state index is 6.06. The quantitative estimate of drug-likeness (QED) is 0.897. The van der Waals surface area contributed by atoms with Gasteiger partial charge in [0.2, 0.25) is 0 Å². The zero-order chi connectivity index (χ0) is 13.2. The lowest BCUT2D eigenvalue weighted by Gasteiger charge is -2.29. The molecule has 0 aromatic carbocycles. The van der Waals surface area contributed by atoms with Crippen LogP contribution in [0.1, 0.15) is 38.6 Å². The average Bonchev–Trinajstić information content (AvgIpc) is 2.88. The predicted octanol–water partition coefficient (Wildman–Crippen LogP) is 3.28. The highest BCUT2D eigenvalue weighted by Gasteiger charge is 2.22. The SMILES string of the molecule is CC1CCCC(n2cncc2-c2cnccc2N)C1. The fraction of sp³-hybridized carbons (Fsp3) is 0.467. The van der Waals surface area contributed by atoms with Crippen molar-refractivity contribution in [3.63, 3.8) is 0 Å². The Balaban J connectivity index is 1.96. The molecule has 1 saturated carbocycles. The Morgan fingerprint density at radius 3 is 2.95 bits per heavy atom. The van der Waals surface area contributed by atoms with Crippen LogP contribution in [-0.4, -0.2) is 14.5 Å². The molecule has 0 bridgehead atoms. The fourth-order valence-corrected chi connectivity index (χ4v) is 3.08. The summed E-state index contributed by atoms with van der Waals surface area (Å²) in [7, 11) is 0. The third-order valence-corrected chi connectivity index (χ3v) is 4.10. The number of hydrogen-bond donors (Lipinski definition) is 1. The first-order valence-corrected chi connectivity index (χ1v) is 6.97. The Morgan fingerprint density at radius 1 is 1.26 bits per heavy atom. The summed E-state index contributed by atoms with van der Waals surface area (Å²) in [5, 5.41) is 0. The number of hydrogen-bond acceptors (Lipinski definition) is 3. The maximum Gasteiger partial charge on any atom is 0.0953 e. The van der Waals surface area contributed by atoms with Gasteiger partial charge in [0, 0.05) is 29.7 Å². The van der Waals surface area contributed by atoms with Gasteiger partial charge >= 0.3 is 0 Å². The summed E-state index contributed by atoms with van der Waals surface area (Å²) in [6.07, 6.45) is 12.5. The minimum atomic E-state index is 0.542. The number of rotatable bonds is 2. The molecule has 3 rings (SSSR count). The maximum atomic E-state index is 6.06. The molecule has 19 heavy (non-hydrogen) atoms. The van der Waals surface area contributed by atoms with Gasteiger partial charge < -0.3 is 10.3 Å². The van der Waals surface area contributed by atoms with Crippen LogP contribution in [0.2, 0.25) is 0 Å². The molecular formula is C15H20N4. The summed E-state index contributed by atoms with van der Waals surface area (Å²) in [6, 6.07) is 2.39. The number of aromatic nitrogens is 3. The van der Waals surface area contributed by atoms with E-state index in [1.54, 1.807) is 6.20 Å². The van der Waals surface area contributed by atoms with Crippen molar-refractivity contribution in [1.82, 2.24) is 14.5 Å². The van der Waals surface area contributed by atoms with Gasteiger partial charge in [0.05, 0.1) is 18.2 Å². The van der Waals surface area contributed by atoms with Gasteiger partial charge in [-0.25, -0.2) is 4.98 Å². The topological polar surface area (TPSA) is 56.7 Å². The van der Waals surface area contributed by atoms with Gasteiger partial charge in [-0.2, -0.15) is 0 Å². The smallest absolute Gasteiger partial charge is 0.0953 e. The minimum Gasteiger partial charge on any atom is -0.398 e. The van der Waals surface area contributed by atoms with Crippen LogP contribution in [0.15, 0.2) is 31.0 Å². The van der Waals surface area contributed by atoms with E-state index in [1.807, 2.05) is 24.8 Å². The highest BCUT2D eigenvalue weighted by atomic mass is 15.1. The van der Waals surface area contributed by atoms with Crippen molar-refractivity contribution in [2.75, 3.05) is 5.73 Å². The zero-order valence-corrected chi connectivity index (χ0v) is 11.3. The first-order chi connectivity index (χ1) is 9.25. The summed E-state index contributed by atoms with van der Waals surface area (Å²) in [5.41, 5.74) is 8.89. The molecular weight excluding hydrogens is 236 g/mol. The van der Waals surface area contributed by atoms with Gasteiger partial charge in [-0.15, -0.1) is 0 Å². The third kappa shape index (κ3) is 2.35. The van der Waals surface area contributed by atoms with E-state index in [1.165, 1.54) is 25.7 Å². The molecule has 4 nitrogen and oxygen atoms in total. The van der Waals surface area contributed by atoms with Gasteiger partial charge in [0.1, 0.15) is 0 Å². The van der Waals surface area contributed by atoms with Crippen molar-refractivity contribution in [2.24, 2.45) is 5.92 Å². The van der Waals surface area contributed by atoms with Gasteiger partial charge in [-0.05, 0) is 24.8 Å². The predicted molar refractivity (Wildman–Crippen MR) is 76.5 cm³/mol. The van der Waals surface area contributed by atoms with E-state index in [9.17, 15) is 0 Å². The van der Waals surface area contributed by atoms with E-state index in [-0.39, 0.29) is 0 Å². The Morgan fingerprint density at radius 2 is 2.16 bits per heavy atom. The second-order valence-electron chi connectivity index (χ2n) is 5.57. The first-order valence-electron chi connectivity index (χ1n) is 6.97. The molecule has 1 fully saturated rings. The highest BCUT2D eigenvalue weighted by Crippen LogP contribution is 2.35. The Kier molecular flexibility index (Phi) is 3.23. The molecule has 2 atom stereocenters. The normalized spacial score (nSPS) is 23.4. The van der Waals surface area contributed by atoms with E-state index in [0.717, 1.165) is 22.9 Å². The van der Waals surface area contributed by atoms with E-state index >= 15 is 0 Å². The molecule has 2 heterocycles. The van der Waals surface area contributed by atoms with Crippen LogP contribution in [0.4, 0.5) is 5.69 Å². The number of imidazole rings is 1. The number of nitrogen functional groups attached to an aromatic ring is 1. The first kappa shape index (κ1) is 12.2. The van der Waals surface area contributed by atoms with Crippen molar-refractivity contribution < 1.29 is 0 Å². The lowest BCUT2D eigenvalue weighted by molar-refractivity contribution is 0.284. The molecule has 0 saturated heterocycles. The molecule has 0 spiro atoms. The van der Waals surface area contributed by atoms with Crippen molar-refractivity contribution >= 4 is 5.69 Å². The molecule has 2 aromatic rings.